The molecule has 2 aromatic carbocycles. The number of anilines is 1. The lowest BCUT2D eigenvalue weighted by molar-refractivity contribution is 0.415. The van der Waals surface area contributed by atoms with Crippen LogP contribution in [0.5, 0.6) is 5.75 Å². The van der Waals surface area contributed by atoms with Gasteiger partial charge in [-0.25, -0.2) is 0 Å². The molecule has 1 N–H and O–H groups in total. The van der Waals surface area contributed by atoms with E-state index in [1.165, 1.54) is 12.3 Å². The number of benzene rings is 2. The molecular formula is C21H21NO3. The van der Waals surface area contributed by atoms with Gasteiger partial charge in [0.05, 0.1) is 19.9 Å². The number of hydrogen-bond acceptors (Lipinski definition) is 4. The molecule has 3 rings (SSSR count). The molecule has 0 fully saturated rings. The fraction of sp³-hybridized carbons (Fsp3) is 0.190. The maximum absolute atomic E-state index is 11.8. The molecule has 0 spiro atoms. The fourth-order valence-electron chi connectivity index (χ4n) is 2.75. The van der Waals surface area contributed by atoms with Gasteiger partial charge in [0.2, 0.25) is 0 Å². The van der Waals surface area contributed by atoms with E-state index >= 15 is 0 Å². The largest absolute Gasteiger partial charge is 0.497 e. The summed E-state index contributed by atoms with van der Waals surface area (Å²) < 4.78 is 10.7. The van der Waals surface area contributed by atoms with E-state index in [1.54, 1.807) is 7.11 Å². The third kappa shape index (κ3) is 3.91. The van der Waals surface area contributed by atoms with Crippen LogP contribution in [-0.2, 0) is 13.0 Å². The predicted molar refractivity (Wildman–Crippen MR) is 100 cm³/mol. The molecule has 0 amide bonds. The summed E-state index contributed by atoms with van der Waals surface area (Å²) in [5.74, 6) is 1.53. The molecule has 0 radical (unpaired) electrons. The van der Waals surface area contributed by atoms with E-state index in [0.29, 0.717) is 18.7 Å². The Balaban J connectivity index is 1.70. The molecule has 4 heteroatoms. The standard InChI is InChI=1S/C21H21NO3/c1-3-19-20(23)12-13-25-21(19)14-22-17-8-4-15(5-9-17)16-6-10-18(24-2)11-7-16/h4-13,22H,3,14H2,1-2H3. The van der Waals surface area contributed by atoms with Crippen LogP contribution in [0.15, 0.2) is 70.1 Å². The van der Waals surface area contributed by atoms with Gasteiger partial charge in [-0.05, 0) is 41.8 Å². The highest BCUT2D eigenvalue weighted by atomic mass is 16.5. The Morgan fingerprint density at radius 2 is 1.60 bits per heavy atom. The fourth-order valence-corrected chi connectivity index (χ4v) is 2.75. The minimum Gasteiger partial charge on any atom is -0.497 e. The predicted octanol–water partition coefficient (Wildman–Crippen LogP) is 4.49. The smallest absolute Gasteiger partial charge is 0.188 e. The number of hydrogen-bond donors (Lipinski definition) is 1. The Morgan fingerprint density at radius 3 is 2.20 bits per heavy atom. The van der Waals surface area contributed by atoms with Crippen LogP contribution in [0.3, 0.4) is 0 Å². The van der Waals surface area contributed by atoms with E-state index in [1.807, 2.05) is 43.3 Å². The summed E-state index contributed by atoms with van der Waals surface area (Å²) >= 11 is 0. The van der Waals surface area contributed by atoms with Gasteiger partial charge >= 0.3 is 0 Å². The van der Waals surface area contributed by atoms with E-state index in [-0.39, 0.29) is 5.43 Å². The van der Waals surface area contributed by atoms with E-state index in [2.05, 4.69) is 17.4 Å². The number of nitrogens with one attached hydrogen (secondary N) is 1. The highest BCUT2D eigenvalue weighted by Gasteiger charge is 2.07. The average molecular weight is 335 g/mol. The van der Waals surface area contributed by atoms with Crippen molar-refractivity contribution in [1.29, 1.82) is 0 Å². The first-order valence-corrected chi connectivity index (χ1v) is 8.29. The van der Waals surface area contributed by atoms with Gasteiger partial charge in [0, 0.05) is 17.3 Å². The molecule has 4 nitrogen and oxygen atoms in total. The topological polar surface area (TPSA) is 51.5 Å². The van der Waals surface area contributed by atoms with Crippen molar-refractivity contribution in [2.45, 2.75) is 19.9 Å². The van der Waals surface area contributed by atoms with Crippen LogP contribution in [0.4, 0.5) is 5.69 Å². The van der Waals surface area contributed by atoms with Gasteiger partial charge in [0.25, 0.3) is 0 Å². The van der Waals surface area contributed by atoms with Crippen molar-refractivity contribution in [2.24, 2.45) is 0 Å². The lowest BCUT2D eigenvalue weighted by Crippen LogP contribution is -2.12. The molecular weight excluding hydrogens is 314 g/mol. The zero-order valence-corrected chi connectivity index (χ0v) is 14.4. The lowest BCUT2D eigenvalue weighted by Gasteiger charge is -2.09. The zero-order valence-electron chi connectivity index (χ0n) is 14.4. The molecule has 0 atom stereocenters. The molecule has 0 aliphatic carbocycles. The Hall–Kier alpha value is -3.01. The molecule has 1 heterocycles. The molecule has 3 aromatic rings. The second-order valence-electron chi connectivity index (χ2n) is 5.70. The summed E-state index contributed by atoms with van der Waals surface area (Å²) in [4.78, 5) is 11.8. The van der Waals surface area contributed by atoms with Crippen LogP contribution in [0.1, 0.15) is 18.2 Å². The number of ether oxygens (including phenoxy) is 1. The number of methoxy groups -OCH3 is 1. The van der Waals surface area contributed by atoms with Crippen molar-refractivity contribution in [2.75, 3.05) is 12.4 Å². The van der Waals surface area contributed by atoms with Crippen LogP contribution in [0.2, 0.25) is 0 Å². The van der Waals surface area contributed by atoms with Gasteiger partial charge in [0.1, 0.15) is 11.5 Å². The van der Waals surface area contributed by atoms with Crippen LogP contribution >= 0.6 is 0 Å². The van der Waals surface area contributed by atoms with Gasteiger partial charge < -0.3 is 14.5 Å². The molecule has 128 valence electrons. The van der Waals surface area contributed by atoms with Crippen molar-refractivity contribution in [3.8, 4) is 16.9 Å². The second kappa shape index (κ2) is 7.71. The first-order chi connectivity index (χ1) is 12.2. The summed E-state index contributed by atoms with van der Waals surface area (Å²) in [6, 6.07) is 17.6. The molecule has 0 bridgehead atoms. The van der Waals surface area contributed by atoms with Gasteiger partial charge in [0.15, 0.2) is 5.43 Å². The second-order valence-corrected chi connectivity index (χ2v) is 5.70. The highest BCUT2D eigenvalue weighted by molar-refractivity contribution is 5.66. The SMILES string of the molecule is CCc1c(CNc2ccc(-c3ccc(OC)cc3)cc2)occc1=O. The zero-order chi connectivity index (χ0) is 17.6. The van der Waals surface area contributed by atoms with Crippen LogP contribution in [-0.4, -0.2) is 7.11 Å². The normalized spacial score (nSPS) is 10.5. The minimum atomic E-state index is 0.0282. The Labute approximate surface area is 147 Å². The maximum atomic E-state index is 11.8. The van der Waals surface area contributed by atoms with E-state index in [9.17, 15) is 4.79 Å². The van der Waals surface area contributed by atoms with Crippen LogP contribution < -0.4 is 15.5 Å². The van der Waals surface area contributed by atoms with Gasteiger partial charge in [-0.1, -0.05) is 31.2 Å². The molecule has 0 aliphatic rings. The average Bonchev–Trinajstić information content (AvgIpc) is 2.67. The Kier molecular flexibility index (Phi) is 5.19. The van der Waals surface area contributed by atoms with Crippen molar-refractivity contribution in [3.05, 3.63) is 82.4 Å². The van der Waals surface area contributed by atoms with Crippen LogP contribution in [0.25, 0.3) is 11.1 Å². The van der Waals surface area contributed by atoms with Crippen molar-refractivity contribution < 1.29 is 9.15 Å². The first kappa shape index (κ1) is 16.8. The molecule has 0 unspecified atom stereocenters. The maximum Gasteiger partial charge on any atom is 0.188 e. The van der Waals surface area contributed by atoms with Crippen molar-refractivity contribution in [3.63, 3.8) is 0 Å². The van der Waals surface area contributed by atoms with E-state index < -0.39 is 0 Å². The van der Waals surface area contributed by atoms with E-state index in [4.69, 9.17) is 9.15 Å². The first-order valence-electron chi connectivity index (χ1n) is 8.29. The minimum absolute atomic E-state index is 0.0282. The molecule has 0 saturated heterocycles. The van der Waals surface area contributed by atoms with E-state index in [0.717, 1.165) is 28.1 Å². The van der Waals surface area contributed by atoms with Gasteiger partial charge in [-0.15, -0.1) is 0 Å². The van der Waals surface area contributed by atoms with Gasteiger partial charge in [-0.3, -0.25) is 4.79 Å². The quantitative estimate of drug-likeness (QED) is 0.721. The third-order valence-electron chi connectivity index (χ3n) is 4.18. The summed E-state index contributed by atoms with van der Waals surface area (Å²) in [5.41, 5.74) is 4.00. The summed E-state index contributed by atoms with van der Waals surface area (Å²) in [6.07, 6.45) is 2.11. The van der Waals surface area contributed by atoms with Crippen molar-refractivity contribution in [1.82, 2.24) is 0 Å². The summed E-state index contributed by atoms with van der Waals surface area (Å²) in [6.45, 7) is 2.44. The Bertz CT molecular complexity index is 880. The van der Waals surface area contributed by atoms with Crippen LogP contribution in [0, 0.1) is 0 Å². The monoisotopic (exact) mass is 335 g/mol. The Morgan fingerprint density at radius 1 is 0.960 bits per heavy atom. The number of rotatable bonds is 6. The van der Waals surface area contributed by atoms with Crippen molar-refractivity contribution >= 4 is 5.69 Å². The third-order valence-corrected chi connectivity index (χ3v) is 4.18. The molecule has 0 aliphatic heterocycles. The summed E-state index contributed by atoms with van der Waals surface area (Å²) in [7, 11) is 1.66. The summed E-state index contributed by atoms with van der Waals surface area (Å²) in [5, 5.41) is 3.31. The highest BCUT2D eigenvalue weighted by Crippen LogP contribution is 2.24. The lowest BCUT2D eigenvalue weighted by atomic mass is 10.1. The molecule has 25 heavy (non-hydrogen) atoms. The van der Waals surface area contributed by atoms with Gasteiger partial charge in [-0.2, -0.15) is 0 Å². The molecule has 0 saturated carbocycles. The molecule has 1 aromatic heterocycles.